The third-order valence-electron chi connectivity index (χ3n) is 11.3. The van der Waals surface area contributed by atoms with Crippen LogP contribution >= 0.6 is 0 Å². The molecule has 10 rings (SSSR count). The molecule has 3 heteroatoms. The summed E-state index contributed by atoms with van der Waals surface area (Å²) in [5, 5.41) is 10.5. The van der Waals surface area contributed by atoms with Crippen LogP contribution in [0.4, 0.5) is 22.7 Å². The topological polar surface area (TPSA) is 11.4 Å². The van der Waals surface area contributed by atoms with Crippen molar-refractivity contribution in [1.82, 2.24) is 4.57 Å². The second-order valence-corrected chi connectivity index (χ2v) is 16.3. The van der Waals surface area contributed by atoms with Crippen LogP contribution in [-0.2, 0) is 0 Å². The minimum absolute atomic E-state index is 0.406. The van der Waals surface area contributed by atoms with Crippen LogP contribution in [-0.4, -0.2) is 16.7 Å². The normalized spacial score (nSPS) is 11.3. The van der Waals surface area contributed by atoms with Gasteiger partial charge in [0.25, 0.3) is 0 Å². The van der Waals surface area contributed by atoms with Gasteiger partial charge in [0.05, 0.1) is 5.52 Å². The predicted octanol–water partition coefficient (Wildman–Crippen LogP) is 16.3. The predicted molar refractivity (Wildman–Crippen MR) is 263 cm³/mol. The van der Waals surface area contributed by atoms with E-state index in [2.05, 4.69) is 262 Å². The first-order valence-corrected chi connectivity index (χ1v) is 21.4. The summed E-state index contributed by atoms with van der Waals surface area (Å²) in [5.41, 5.74) is 7.67. The van der Waals surface area contributed by atoms with Crippen molar-refractivity contribution in [3.05, 3.63) is 206 Å². The van der Waals surface area contributed by atoms with Gasteiger partial charge in [0, 0.05) is 67.9 Å². The van der Waals surface area contributed by atoms with Gasteiger partial charge in [-0.3, -0.25) is 0 Å². The van der Waals surface area contributed by atoms with E-state index in [1.165, 1.54) is 76.9 Å². The van der Waals surface area contributed by atoms with Crippen molar-refractivity contribution in [3.8, 4) is 0 Å². The van der Waals surface area contributed by atoms with Crippen LogP contribution < -0.4 is 9.80 Å². The fourth-order valence-corrected chi connectivity index (χ4v) is 8.68. The molecule has 0 aliphatic heterocycles. The van der Waals surface area contributed by atoms with Crippen molar-refractivity contribution in [2.45, 2.75) is 59.7 Å². The molecule has 0 atom stereocenters. The Hall–Kier alpha value is -6.84. The highest BCUT2D eigenvalue weighted by Crippen LogP contribution is 2.37. The lowest BCUT2D eigenvalue weighted by Gasteiger charge is -2.30. The van der Waals surface area contributed by atoms with Gasteiger partial charge in [0.15, 0.2) is 0 Å². The minimum Gasteiger partial charge on any atom is -0.339 e. The third-order valence-corrected chi connectivity index (χ3v) is 11.3. The van der Waals surface area contributed by atoms with E-state index in [0.717, 1.165) is 0 Å². The van der Waals surface area contributed by atoms with E-state index >= 15 is 0 Å². The first kappa shape index (κ1) is 40.0. The Bertz CT molecular complexity index is 2970. The summed E-state index contributed by atoms with van der Waals surface area (Å²) in [5.74, 6) is 0. The van der Waals surface area contributed by atoms with Crippen molar-refractivity contribution in [2.75, 3.05) is 9.80 Å². The molecule has 0 unspecified atom stereocenters. The van der Waals surface area contributed by atoms with E-state index in [9.17, 15) is 0 Å². The molecule has 60 heavy (non-hydrogen) atoms. The second kappa shape index (κ2) is 18.0. The maximum absolute atomic E-state index is 2.47. The molecule has 9 aromatic carbocycles. The number of fused-ring (bicyclic) bond motifs is 7. The smallest absolute Gasteiger partial charge is 0.0573 e. The molecule has 0 fully saturated rings. The summed E-state index contributed by atoms with van der Waals surface area (Å²) < 4.78 is 2.47. The van der Waals surface area contributed by atoms with Crippen LogP contribution in [0, 0.1) is 0 Å². The number of hydrogen-bond donors (Lipinski definition) is 0. The Labute approximate surface area is 355 Å². The number of aromatic nitrogens is 1. The van der Waals surface area contributed by atoms with Crippen molar-refractivity contribution in [1.29, 1.82) is 0 Å². The van der Waals surface area contributed by atoms with Gasteiger partial charge >= 0.3 is 0 Å². The molecular weight excluding hydrogens is 727 g/mol. The summed E-state index contributed by atoms with van der Waals surface area (Å²) in [6, 6.07) is 74.5. The van der Waals surface area contributed by atoms with Crippen LogP contribution in [0.5, 0.6) is 0 Å². The maximum atomic E-state index is 2.47. The summed E-state index contributed by atoms with van der Waals surface area (Å²) in [6.07, 6.45) is 0. The summed E-state index contributed by atoms with van der Waals surface area (Å²) in [6.45, 7) is 13.4. The quantitative estimate of drug-likeness (QED) is 0.160. The molecule has 0 spiro atoms. The molecule has 0 aliphatic rings. The Balaban J connectivity index is 0.000000125. The lowest BCUT2D eigenvalue weighted by Crippen LogP contribution is -2.25. The van der Waals surface area contributed by atoms with Gasteiger partial charge in [0.1, 0.15) is 0 Å². The number of rotatable bonds is 7. The van der Waals surface area contributed by atoms with Gasteiger partial charge in [-0.2, -0.15) is 0 Å². The number of benzene rings is 9. The number of para-hydroxylation sites is 3. The van der Waals surface area contributed by atoms with Crippen LogP contribution in [0.3, 0.4) is 0 Å². The molecule has 0 aliphatic carbocycles. The van der Waals surface area contributed by atoms with E-state index < -0.39 is 0 Å². The van der Waals surface area contributed by atoms with E-state index in [1.54, 1.807) is 0 Å². The lowest BCUT2D eigenvalue weighted by molar-refractivity contribution is 0.643. The van der Waals surface area contributed by atoms with Gasteiger partial charge in [0.2, 0.25) is 0 Å². The van der Waals surface area contributed by atoms with E-state index in [4.69, 9.17) is 0 Å². The Morgan fingerprint density at radius 2 is 0.817 bits per heavy atom. The molecule has 10 aromatic rings. The monoisotopic (exact) mass is 781 g/mol. The molecule has 0 saturated heterocycles. The SMILES string of the molecule is CC(C)N(c1ccccc1)c1ccc2ccccc2c1.CC(C)N(c1ccccc1)c1cccc2ccccc12.CC(C)n1c2ccccc2c2ccc3ccccc3c21. The Morgan fingerprint density at radius 3 is 1.45 bits per heavy atom. The zero-order chi connectivity index (χ0) is 41.6. The first-order chi connectivity index (χ1) is 29.3. The Kier molecular flexibility index (Phi) is 12.0. The highest BCUT2D eigenvalue weighted by atomic mass is 15.2. The van der Waals surface area contributed by atoms with Crippen molar-refractivity contribution < 1.29 is 0 Å². The molecule has 0 saturated carbocycles. The number of anilines is 4. The molecule has 0 bridgehead atoms. The highest BCUT2D eigenvalue weighted by molar-refractivity contribution is 6.17. The fraction of sp³-hybridized carbons (Fsp3) is 0.158. The standard InChI is InChI=1S/C19H17N.2C19H19N/c1-13(2)20-18-10-6-5-9-16(18)17-12-11-14-7-3-4-8-15(14)19(17)20;1-15(2)20(17-11-4-3-5-12-17)19-14-8-10-16-9-6-7-13-18(16)19;1-15(2)20(18-10-4-3-5-11-18)19-13-12-16-8-6-7-9-17(16)14-19/h3-13H,1-2H3;2*3-15H,1-2H3. The van der Waals surface area contributed by atoms with Crippen molar-refractivity contribution >= 4 is 76.9 Å². The highest BCUT2D eigenvalue weighted by Gasteiger charge is 2.17. The average Bonchev–Trinajstić information content (AvgIpc) is 3.63. The van der Waals surface area contributed by atoms with Crippen LogP contribution in [0.25, 0.3) is 54.1 Å². The maximum Gasteiger partial charge on any atom is 0.0573 e. The van der Waals surface area contributed by atoms with Gasteiger partial charge in [-0.15, -0.1) is 0 Å². The molecule has 1 heterocycles. The summed E-state index contributed by atoms with van der Waals surface area (Å²) >= 11 is 0. The third kappa shape index (κ3) is 8.22. The fourth-order valence-electron chi connectivity index (χ4n) is 8.68. The van der Waals surface area contributed by atoms with Crippen molar-refractivity contribution in [3.63, 3.8) is 0 Å². The molecule has 298 valence electrons. The zero-order valence-electron chi connectivity index (χ0n) is 35.7. The lowest BCUT2D eigenvalue weighted by atomic mass is 10.1. The average molecular weight is 782 g/mol. The first-order valence-electron chi connectivity index (χ1n) is 21.4. The molecule has 0 radical (unpaired) electrons. The Morgan fingerprint density at radius 1 is 0.333 bits per heavy atom. The van der Waals surface area contributed by atoms with Crippen LogP contribution in [0.15, 0.2) is 206 Å². The van der Waals surface area contributed by atoms with Crippen LogP contribution in [0.1, 0.15) is 47.6 Å². The molecule has 3 nitrogen and oxygen atoms in total. The van der Waals surface area contributed by atoms with Crippen LogP contribution in [0.2, 0.25) is 0 Å². The van der Waals surface area contributed by atoms with Crippen molar-refractivity contribution in [2.24, 2.45) is 0 Å². The minimum atomic E-state index is 0.406. The van der Waals surface area contributed by atoms with E-state index in [0.29, 0.717) is 18.1 Å². The van der Waals surface area contributed by atoms with Gasteiger partial charge in [-0.25, -0.2) is 0 Å². The van der Waals surface area contributed by atoms with Gasteiger partial charge < -0.3 is 14.4 Å². The largest absolute Gasteiger partial charge is 0.339 e. The second-order valence-electron chi connectivity index (χ2n) is 16.3. The molecule has 1 aromatic heterocycles. The number of nitrogens with zero attached hydrogens (tertiary/aromatic N) is 3. The van der Waals surface area contributed by atoms with E-state index in [-0.39, 0.29) is 0 Å². The number of hydrogen-bond acceptors (Lipinski definition) is 2. The zero-order valence-corrected chi connectivity index (χ0v) is 35.7. The molecule has 0 N–H and O–H groups in total. The van der Waals surface area contributed by atoms with E-state index in [1.807, 2.05) is 0 Å². The molecule has 0 amide bonds. The van der Waals surface area contributed by atoms with Gasteiger partial charge in [-0.1, -0.05) is 158 Å². The molecular formula is C57H55N3. The summed E-state index contributed by atoms with van der Waals surface area (Å²) in [4.78, 5) is 4.76. The van der Waals surface area contributed by atoms with Gasteiger partial charge in [-0.05, 0) is 112 Å². The summed E-state index contributed by atoms with van der Waals surface area (Å²) in [7, 11) is 0.